The van der Waals surface area contributed by atoms with E-state index >= 15 is 0 Å². The van der Waals surface area contributed by atoms with Crippen LogP contribution in [-0.4, -0.2) is 22.1 Å². The second-order valence-electron chi connectivity index (χ2n) is 7.50. The quantitative estimate of drug-likeness (QED) is 0.397. The summed E-state index contributed by atoms with van der Waals surface area (Å²) in [5.41, 5.74) is 4.82. The van der Waals surface area contributed by atoms with Crippen LogP contribution in [0.1, 0.15) is 37.5 Å². The first-order valence-corrected chi connectivity index (χ1v) is 11.5. The molecule has 7 heteroatoms. The SMILES string of the molecule is CCOc1cc(/C=c2\sc3nc4cc(C)c(C)cc4n3c2=O)cc(Br)c1OC(C)C. The van der Waals surface area contributed by atoms with Crippen molar-refractivity contribution in [1.82, 2.24) is 9.38 Å². The molecule has 0 atom stereocenters. The molecule has 0 fully saturated rings. The number of nitrogens with zero attached hydrogens (tertiary/aromatic N) is 2. The zero-order valence-electron chi connectivity index (χ0n) is 17.6. The van der Waals surface area contributed by atoms with Crippen molar-refractivity contribution in [2.45, 2.75) is 40.7 Å². The Hall–Kier alpha value is -2.38. The minimum atomic E-state index is -0.0580. The van der Waals surface area contributed by atoms with Crippen LogP contribution >= 0.6 is 27.3 Å². The fourth-order valence-electron chi connectivity index (χ4n) is 3.35. The van der Waals surface area contributed by atoms with Crippen LogP contribution in [0.3, 0.4) is 0 Å². The van der Waals surface area contributed by atoms with Gasteiger partial charge in [-0.2, -0.15) is 0 Å². The summed E-state index contributed by atoms with van der Waals surface area (Å²) in [6.07, 6.45) is 1.90. The molecule has 0 aliphatic heterocycles. The standard InChI is InChI=1S/C23H23BrN2O3S/c1-6-28-19-10-15(9-16(24)21(19)29-12(2)3)11-20-22(27)26-18-8-14(5)13(4)7-17(18)25-23(26)30-20/h7-12H,6H2,1-5H3/b20-11-. The third kappa shape index (κ3) is 3.72. The summed E-state index contributed by atoms with van der Waals surface area (Å²) in [5.74, 6) is 1.32. The van der Waals surface area contributed by atoms with Crippen LogP contribution in [0.15, 0.2) is 33.5 Å². The lowest BCUT2D eigenvalue weighted by molar-refractivity contribution is 0.222. The number of aromatic nitrogens is 2. The van der Waals surface area contributed by atoms with Crippen LogP contribution in [0, 0.1) is 13.8 Å². The Kier molecular flexibility index (Phi) is 5.59. The highest BCUT2D eigenvalue weighted by Gasteiger charge is 2.15. The molecular formula is C23H23BrN2O3S. The van der Waals surface area contributed by atoms with Gasteiger partial charge in [0, 0.05) is 0 Å². The number of aryl methyl sites for hydroxylation is 2. The molecule has 156 valence electrons. The fraction of sp³-hybridized carbons (Fsp3) is 0.304. The van der Waals surface area contributed by atoms with E-state index in [1.807, 2.05) is 58.0 Å². The highest BCUT2D eigenvalue weighted by Crippen LogP contribution is 2.37. The molecule has 4 rings (SSSR count). The van der Waals surface area contributed by atoms with Gasteiger partial charge in [0.2, 0.25) is 0 Å². The van der Waals surface area contributed by atoms with E-state index in [9.17, 15) is 4.79 Å². The summed E-state index contributed by atoms with van der Waals surface area (Å²) in [6, 6.07) is 7.91. The van der Waals surface area contributed by atoms with Gasteiger partial charge in [-0.1, -0.05) is 11.3 Å². The largest absolute Gasteiger partial charge is 0.490 e. The molecule has 2 aromatic heterocycles. The van der Waals surface area contributed by atoms with Crippen molar-refractivity contribution in [3.63, 3.8) is 0 Å². The Bertz CT molecular complexity index is 1370. The van der Waals surface area contributed by atoms with Crippen molar-refractivity contribution in [3.8, 4) is 11.5 Å². The summed E-state index contributed by atoms with van der Waals surface area (Å²) < 4.78 is 14.8. The number of hydrogen-bond donors (Lipinski definition) is 0. The topological polar surface area (TPSA) is 52.8 Å². The normalized spacial score (nSPS) is 12.4. The van der Waals surface area contributed by atoms with E-state index in [1.54, 1.807) is 4.40 Å². The number of halogens is 1. The highest BCUT2D eigenvalue weighted by atomic mass is 79.9. The molecule has 2 heterocycles. The number of imidazole rings is 1. The second-order valence-corrected chi connectivity index (χ2v) is 9.36. The van der Waals surface area contributed by atoms with Crippen molar-refractivity contribution in [3.05, 3.63) is 60.3 Å². The molecule has 0 aliphatic rings. The van der Waals surface area contributed by atoms with Crippen molar-refractivity contribution >= 4 is 49.3 Å². The number of rotatable bonds is 5. The van der Waals surface area contributed by atoms with Crippen molar-refractivity contribution in [2.24, 2.45) is 0 Å². The van der Waals surface area contributed by atoms with Gasteiger partial charge in [-0.05, 0) is 97.6 Å². The van der Waals surface area contributed by atoms with E-state index in [-0.39, 0.29) is 11.7 Å². The minimum Gasteiger partial charge on any atom is -0.490 e. The monoisotopic (exact) mass is 486 g/mol. The summed E-state index contributed by atoms with van der Waals surface area (Å²) in [6.45, 7) is 10.5. The molecule has 30 heavy (non-hydrogen) atoms. The predicted octanol–water partition coefficient (Wildman–Crippen LogP) is 5.02. The zero-order chi connectivity index (χ0) is 21.6. The van der Waals surface area contributed by atoms with Gasteiger partial charge in [0.05, 0.1) is 32.7 Å². The van der Waals surface area contributed by atoms with Crippen LogP contribution in [0.5, 0.6) is 11.5 Å². The van der Waals surface area contributed by atoms with Gasteiger partial charge < -0.3 is 9.47 Å². The highest BCUT2D eigenvalue weighted by molar-refractivity contribution is 9.10. The predicted molar refractivity (Wildman–Crippen MR) is 126 cm³/mol. The van der Waals surface area contributed by atoms with Gasteiger partial charge in [-0.25, -0.2) is 9.38 Å². The molecule has 0 amide bonds. The van der Waals surface area contributed by atoms with E-state index in [1.165, 1.54) is 16.9 Å². The Morgan fingerprint density at radius 1 is 1.20 bits per heavy atom. The molecule has 0 saturated carbocycles. The lowest BCUT2D eigenvalue weighted by Gasteiger charge is -2.16. The smallest absolute Gasteiger partial charge is 0.274 e. The molecule has 4 aromatic rings. The van der Waals surface area contributed by atoms with E-state index in [4.69, 9.17) is 9.47 Å². The van der Waals surface area contributed by atoms with Crippen molar-refractivity contribution < 1.29 is 9.47 Å². The Morgan fingerprint density at radius 2 is 1.93 bits per heavy atom. The lowest BCUT2D eigenvalue weighted by Crippen LogP contribution is -2.22. The van der Waals surface area contributed by atoms with Crippen LogP contribution < -0.4 is 19.6 Å². The molecule has 0 unspecified atom stereocenters. The maximum Gasteiger partial charge on any atom is 0.274 e. The number of ether oxygens (including phenoxy) is 2. The van der Waals surface area contributed by atoms with E-state index in [2.05, 4.69) is 27.8 Å². The van der Waals surface area contributed by atoms with Crippen LogP contribution in [-0.2, 0) is 0 Å². The Balaban J connectivity index is 1.88. The number of hydrogen-bond acceptors (Lipinski definition) is 5. The molecule has 0 spiro atoms. The average Bonchev–Trinajstić information content (AvgIpc) is 3.15. The van der Waals surface area contributed by atoms with Gasteiger partial charge in [0.1, 0.15) is 0 Å². The fourth-order valence-corrected chi connectivity index (χ4v) is 4.89. The number of benzene rings is 2. The minimum absolute atomic E-state index is 0.0222. The second kappa shape index (κ2) is 8.04. The molecule has 5 nitrogen and oxygen atoms in total. The van der Waals surface area contributed by atoms with E-state index in [0.29, 0.717) is 27.6 Å². The summed E-state index contributed by atoms with van der Waals surface area (Å²) in [7, 11) is 0. The molecule has 2 aromatic carbocycles. The first-order chi connectivity index (χ1) is 14.3. The zero-order valence-corrected chi connectivity index (χ0v) is 20.0. The molecule has 0 saturated heterocycles. The third-order valence-corrected chi connectivity index (χ3v) is 6.40. The van der Waals surface area contributed by atoms with Crippen LogP contribution in [0.25, 0.3) is 22.1 Å². The first-order valence-electron chi connectivity index (χ1n) is 9.85. The molecule has 0 bridgehead atoms. The molecule has 0 radical (unpaired) electrons. The summed E-state index contributed by atoms with van der Waals surface area (Å²) >= 11 is 4.98. The van der Waals surface area contributed by atoms with Crippen molar-refractivity contribution in [1.29, 1.82) is 0 Å². The Morgan fingerprint density at radius 3 is 2.63 bits per heavy atom. The van der Waals surface area contributed by atoms with E-state index < -0.39 is 0 Å². The Labute approximate surface area is 187 Å². The number of thiazole rings is 1. The summed E-state index contributed by atoms with van der Waals surface area (Å²) in [4.78, 5) is 18.5. The average molecular weight is 487 g/mol. The van der Waals surface area contributed by atoms with Crippen LogP contribution in [0.2, 0.25) is 0 Å². The first kappa shape index (κ1) is 20.9. The van der Waals surface area contributed by atoms with Gasteiger partial charge in [0.25, 0.3) is 5.56 Å². The lowest BCUT2D eigenvalue weighted by atomic mass is 10.1. The van der Waals surface area contributed by atoms with Gasteiger partial charge in [-0.15, -0.1) is 0 Å². The molecule has 0 N–H and O–H groups in total. The third-order valence-electron chi connectivity index (χ3n) is 4.84. The molecule has 0 aliphatic carbocycles. The number of fused-ring (bicyclic) bond motifs is 3. The summed E-state index contributed by atoms with van der Waals surface area (Å²) in [5, 5.41) is 0. The maximum absolute atomic E-state index is 13.1. The van der Waals surface area contributed by atoms with Crippen LogP contribution in [0.4, 0.5) is 0 Å². The van der Waals surface area contributed by atoms with Gasteiger partial charge in [0.15, 0.2) is 16.5 Å². The van der Waals surface area contributed by atoms with Gasteiger partial charge >= 0.3 is 0 Å². The maximum atomic E-state index is 13.1. The van der Waals surface area contributed by atoms with Crippen molar-refractivity contribution in [2.75, 3.05) is 6.61 Å². The van der Waals surface area contributed by atoms with Gasteiger partial charge in [-0.3, -0.25) is 4.79 Å². The van der Waals surface area contributed by atoms with E-state index in [0.717, 1.165) is 26.6 Å². The molecular weight excluding hydrogens is 464 g/mol.